The summed E-state index contributed by atoms with van der Waals surface area (Å²) in [5.74, 6) is 0.282. The van der Waals surface area contributed by atoms with E-state index < -0.39 is 0 Å². The van der Waals surface area contributed by atoms with E-state index in [0.29, 0.717) is 11.4 Å². The SMILES string of the molecule is Cl.Nc1cc(C(=O)NCc2ccc3c(c2)NC(=O)CO3)ncn1. The normalized spacial score (nSPS) is 12.3. The summed E-state index contributed by atoms with van der Waals surface area (Å²) in [5.41, 5.74) is 7.12. The number of fused-ring (bicyclic) bond motifs is 1. The van der Waals surface area contributed by atoms with E-state index in [4.69, 9.17) is 10.5 Å². The highest BCUT2D eigenvalue weighted by Crippen LogP contribution is 2.28. The van der Waals surface area contributed by atoms with E-state index in [1.54, 1.807) is 12.1 Å². The lowest BCUT2D eigenvalue weighted by atomic mass is 10.1. The topological polar surface area (TPSA) is 119 Å². The van der Waals surface area contributed by atoms with Crippen LogP contribution < -0.4 is 21.1 Å². The molecule has 0 spiro atoms. The largest absolute Gasteiger partial charge is 0.482 e. The second-order valence-corrected chi connectivity index (χ2v) is 4.68. The highest BCUT2D eigenvalue weighted by molar-refractivity contribution is 5.95. The van der Waals surface area contributed by atoms with Crippen LogP contribution in [-0.4, -0.2) is 28.4 Å². The Kier molecular flexibility index (Phi) is 4.97. The summed E-state index contributed by atoms with van der Waals surface area (Å²) in [5, 5.41) is 5.44. The number of hydrogen-bond acceptors (Lipinski definition) is 6. The summed E-state index contributed by atoms with van der Waals surface area (Å²) in [6, 6.07) is 6.71. The molecule has 9 heteroatoms. The Bertz CT molecular complexity index is 753. The molecular weight excluding hydrogens is 322 g/mol. The minimum Gasteiger partial charge on any atom is -0.482 e. The third-order valence-corrected chi connectivity index (χ3v) is 3.05. The Morgan fingerprint density at radius 3 is 2.96 bits per heavy atom. The van der Waals surface area contributed by atoms with Crippen molar-refractivity contribution in [2.75, 3.05) is 17.7 Å². The van der Waals surface area contributed by atoms with E-state index in [2.05, 4.69) is 20.6 Å². The minimum atomic E-state index is -0.355. The Morgan fingerprint density at radius 2 is 2.17 bits per heavy atom. The molecule has 0 atom stereocenters. The smallest absolute Gasteiger partial charge is 0.270 e. The zero-order valence-electron chi connectivity index (χ0n) is 11.9. The number of halogens is 1. The lowest BCUT2D eigenvalue weighted by Gasteiger charge is -2.18. The standard InChI is InChI=1S/C14H13N5O3.ClH/c15-12-4-10(17-7-18-12)14(21)16-5-8-1-2-11-9(3-8)19-13(20)6-22-11;/h1-4,7H,5-6H2,(H,16,21)(H,19,20)(H2,15,17,18);1H. The van der Waals surface area contributed by atoms with Crippen LogP contribution in [0.5, 0.6) is 5.75 Å². The van der Waals surface area contributed by atoms with Crippen molar-refractivity contribution in [1.82, 2.24) is 15.3 Å². The lowest BCUT2D eigenvalue weighted by Crippen LogP contribution is -2.26. The van der Waals surface area contributed by atoms with Gasteiger partial charge in [-0.2, -0.15) is 0 Å². The molecule has 1 aliphatic rings. The maximum Gasteiger partial charge on any atom is 0.270 e. The van der Waals surface area contributed by atoms with E-state index in [0.717, 1.165) is 5.56 Å². The molecule has 0 radical (unpaired) electrons. The van der Waals surface area contributed by atoms with Gasteiger partial charge < -0.3 is 21.1 Å². The van der Waals surface area contributed by atoms with Crippen molar-refractivity contribution in [1.29, 1.82) is 0 Å². The van der Waals surface area contributed by atoms with Crippen molar-refractivity contribution in [3.05, 3.63) is 41.9 Å². The molecule has 0 aliphatic carbocycles. The summed E-state index contributed by atoms with van der Waals surface area (Å²) < 4.78 is 5.27. The van der Waals surface area contributed by atoms with Gasteiger partial charge in [-0.05, 0) is 17.7 Å². The van der Waals surface area contributed by atoms with Crippen LogP contribution in [0.2, 0.25) is 0 Å². The second kappa shape index (κ2) is 6.93. The third-order valence-electron chi connectivity index (χ3n) is 3.05. The second-order valence-electron chi connectivity index (χ2n) is 4.68. The lowest BCUT2D eigenvalue weighted by molar-refractivity contribution is -0.118. The number of amides is 2. The number of aromatic nitrogens is 2. The Labute approximate surface area is 137 Å². The van der Waals surface area contributed by atoms with Gasteiger partial charge in [0.05, 0.1) is 5.69 Å². The van der Waals surface area contributed by atoms with Gasteiger partial charge in [-0.15, -0.1) is 12.4 Å². The van der Waals surface area contributed by atoms with Gasteiger partial charge in [-0.1, -0.05) is 6.07 Å². The zero-order chi connectivity index (χ0) is 15.5. The number of ether oxygens (including phenoxy) is 1. The van der Waals surface area contributed by atoms with E-state index in [9.17, 15) is 9.59 Å². The van der Waals surface area contributed by atoms with Crippen molar-refractivity contribution in [2.24, 2.45) is 0 Å². The number of rotatable bonds is 3. The van der Waals surface area contributed by atoms with Gasteiger partial charge >= 0.3 is 0 Å². The van der Waals surface area contributed by atoms with E-state index in [1.807, 2.05) is 6.07 Å². The Balaban J connectivity index is 0.00000192. The number of nitrogens with zero attached hydrogens (tertiary/aromatic N) is 2. The third kappa shape index (κ3) is 3.86. The fourth-order valence-corrected chi connectivity index (χ4v) is 2.01. The van der Waals surface area contributed by atoms with Gasteiger partial charge in [-0.3, -0.25) is 9.59 Å². The quantitative estimate of drug-likeness (QED) is 0.761. The molecule has 1 aromatic heterocycles. The molecule has 1 aliphatic heterocycles. The highest BCUT2D eigenvalue weighted by Gasteiger charge is 2.16. The van der Waals surface area contributed by atoms with Crippen molar-refractivity contribution in [2.45, 2.75) is 6.54 Å². The molecule has 0 bridgehead atoms. The number of benzene rings is 1. The van der Waals surface area contributed by atoms with E-state index in [-0.39, 0.29) is 48.9 Å². The summed E-state index contributed by atoms with van der Waals surface area (Å²) in [4.78, 5) is 30.8. The number of hydrogen-bond donors (Lipinski definition) is 3. The van der Waals surface area contributed by atoms with Crippen LogP contribution in [0.1, 0.15) is 16.1 Å². The molecule has 2 amide bonds. The molecule has 1 aromatic carbocycles. The number of carbonyl (C=O) groups excluding carboxylic acids is 2. The monoisotopic (exact) mass is 335 g/mol. The number of anilines is 2. The van der Waals surface area contributed by atoms with Gasteiger partial charge in [0.2, 0.25) is 0 Å². The van der Waals surface area contributed by atoms with Crippen molar-refractivity contribution in [3.63, 3.8) is 0 Å². The van der Waals surface area contributed by atoms with Gasteiger partial charge in [0.1, 0.15) is 23.6 Å². The first-order valence-corrected chi connectivity index (χ1v) is 6.53. The molecule has 2 heterocycles. The van der Waals surface area contributed by atoms with E-state index >= 15 is 0 Å². The summed E-state index contributed by atoms with van der Waals surface area (Å²) in [6.07, 6.45) is 1.23. The molecule has 23 heavy (non-hydrogen) atoms. The predicted octanol–water partition coefficient (Wildman–Crippen LogP) is 0.741. The average Bonchev–Trinajstić information content (AvgIpc) is 2.52. The van der Waals surface area contributed by atoms with Gasteiger partial charge in [-0.25, -0.2) is 9.97 Å². The summed E-state index contributed by atoms with van der Waals surface area (Å²) in [6.45, 7) is 0.296. The predicted molar refractivity (Wildman–Crippen MR) is 85.4 cm³/mol. The molecular formula is C14H14ClN5O3. The summed E-state index contributed by atoms with van der Waals surface area (Å²) in [7, 11) is 0. The number of nitrogens with one attached hydrogen (secondary N) is 2. The fraction of sp³-hybridized carbons (Fsp3) is 0.143. The Hall–Kier alpha value is -2.87. The average molecular weight is 336 g/mol. The maximum absolute atomic E-state index is 12.0. The Morgan fingerprint density at radius 1 is 1.35 bits per heavy atom. The first-order chi connectivity index (χ1) is 10.6. The van der Waals surface area contributed by atoms with Gasteiger partial charge in [0.25, 0.3) is 11.8 Å². The molecule has 4 N–H and O–H groups in total. The first kappa shape index (κ1) is 16.5. The van der Waals surface area contributed by atoms with E-state index in [1.165, 1.54) is 12.4 Å². The van der Waals surface area contributed by atoms with Crippen LogP contribution in [0, 0.1) is 0 Å². The van der Waals surface area contributed by atoms with Crippen LogP contribution in [0.25, 0.3) is 0 Å². The molecule has 120 valence electrons. The van der Waals surface area contributed by atoms with Crippen LogP contribution in [-0.2, 0) is 11.3 Å². The minimum absolute atomic E-state index is 0. The summed E-state index contributed by atoms with van der Waals surface area (Å²) >= 11 is 0. The molecule has 0 fully saturated rings. The highest BCUT2D eigenvalue weighted by atomic mass is 35.5. The molecule has 2 aromatic rings. The van der Waals surface area contributed by atoms with Gasteiger partial charge in [0.15, 0.2) is 6.61 Å². The van der Waals surface area contributed by atoms with Gasteiger partial charge in [0, 0.05) is 12.6 Å². The maximum atomic E-state index is 12.0. The van der Waals surface area contributed by atoms with Crippen LogP contribution in [0.3, 0.4) is 0 Å². The first-order valence-electron chi connectivity index (χ1n) is 6.53. The van der Waals surface area contributed by atoms with Crippen molar-refractivity contribution in [3.8, 4) is 5.75 Å². The van der Waals surface area contributed by atoms with Crippen molar-refractivity contribution >= 4 is 35.7 Å². The number of nitrogen functional groups attached to an aromatic ring is 1. The molecule has 0 unspecified atom stereocenters. The zero-order valence-corrected chi connectivity index (χ0v) is 12.7. The van der Waals surface area contributed by atoms with Crippen LogP contribution in [0.4, 0.5) is 11.5 Å². The number of carbonyl (C=O) groups is 2. The van der Waals surface area contributed by atoms with Crippen LogP contribution in [0.15, 0.2) is 30.6 Å². The molecule has 0 saturated heterocycles. The van der Waals surface area contributed by atoms with Crippen LogP contribution >= 0.6 is 12.4 Å². The molecule has 0 saturated carbocycles. The number of nitrogens with two attached hydrogens (primary N) is 1. The van der Waals surface area contributed by atoms with Crippen molar-refractivity contribution < 1.29 is 14.3 Å². The fourth-order valence-electron chi connectivity index (χ4n) is 2.01. The molecule has 3 rings (SSSR count). The molecule has 8 nitrogen and oxygen atoms in total.